The number of rotatable bonds is 5. The zero-order valence-electron chi connectivity index (χ0n) is 11.8. The first-order valence-corrected chi connectivity index (χ1v) is 7.00. The van der Waals surface area contributed by atoms with Gasteiger partial charge in [-0.15, -0.1) is 5.10 Å². The van der Waals surface area contributed by atoms with E-state index in [0.717, 1.165) is 37.0 Å². The van der Waals surface area contributed by atoms with Gasteiger partial charge in [0.15, 0.2) is 5.69 Å². The number of fused-ring (bicyclic) bond motifs is 1. The SMILES string of the molecule is O=C(O)Cn1cc(CNC(=O)c2noc3c2CCCC3)nn1. The van der Waals surface area contributed by atoms with Crippen molar-refractivity contribution in [3.8, 4) is 0 Å². The normalized spacial score (nSPS) is 13.6. The number of nitrogens with zero attached hydrogens (tertiary/aromatic N) is 4. The highest BCUT2D eigenvalue weighted by atomic mass is 16.5. The van der Waals surface area contributed by atoms with E-state index in [-0.39, 0.29) is 19.0 Å². The van der Waals surface area contributed by atoms with Crippen molar-refractivity contribution in [3.63, 3.8) is 0 Å². The molecule has 0 spiro atoms. The summed E-state index contributed by atoms with van der Waals surface area (Å²) in [6.45, 7) is -0.113. The third-order valence-electron chi connectivity index (χ3n) is 3.48. The van der Waals surface area contributed by atoms with Crippen molar-refractivity contribution in [1.82, 2.24) is 25.5 Å². The third kappa shape index (κ3) is 2.97. The summed E-state index contributed by atoms with van der Waals surface area (Å²) < 4.78 is 6.40. The Labute approximate surface area is 125 Å². The summed E-state index contributed by atoms with van der Waals surface area (Å²) in [6, 6.07) is 0. The number of carbonyl (C=O) groups excluding carboxylic acids is 1. The van der Waals surface area contributed by atoms with Gasteiger partial charge < -0.3 is 14.9 Å². The number of carbonyl (C=O) groups is 2. The fourth-order valence-electron chi connectivity index (χ4n) is 2.45. The predicted octanol–water partition coefficient (Wildman–Crippen LogP) is 0.159. The highest BCUT2D eigenvalue weighted by molar-refractivity contribution is 5.93. The quantitative estimate of drug-likeness (QED) is 0.806. The van der Waals surface area contributed by atoms with Crippen LogP contribution in [0.15, 0.2) is 10.7 Å². The van der Waals surface area contributed by atoms with Crippen molar-refractivity contribution in [1.29, 1.82) is 0 Å². The summed E-state index contributed by atoms with van der Waals surface area (Å²) in [5.74, 6) is -0.529. The van der Waals surface area contributed by atoms with E-state index < -0.39 is 5.97 Å². The van der Waals surface area contributed by atoms with Crippen LogP contribution in [0.3, 0.4) is 0 Å². The lowest BCUT2D eigenvalue weighted by atomic mass is 9.96. The molecular weight excluding hydrogens is 290 g/mol. The number of hydrogen-bond donors (Lipinski definition) is 2. The average Bonchev–Trinajstić information content (AvgIpc) is 3.10. The Kier molecular flexibility index (Phi) is 3.86. The van der Waals surface area contributed by atoms with Gasteiger partial charge in [-0.3, -0.25) is 9.59 Å². The van der Waals surface area contributed by atoms with Crippen molar-refractivity contribution in [3.05, 3.63) is 28.9 Å². The Balaban J connectivity index is 1.61. The van der Waals surface area contributed by atoms with Crippen molar-refractivity contribution >= 4 is 11.9 Å². The van der Waals surface area contributed by atoms with Crippen LogP contribution < -0.4 is 5.32 Å². The summed E-state index contributed by atoms with van der Waals surface area (Å²) in [4.78, 5) is 22.7. The van der Waals surface area contributed by atoms with Gasteiger partial charge in [-0.05, 0) is 19.3 Å². The van der Waals surface area contributed by atoms with Crippen molar-refractivity contribution in [2.45, 2.75) is 38.8 Å². The zero-order valence-corrected chi connectivity index (χ0v) is 11.8. The molecule has 0 saturated carbocycles. The van der Waals surface area contributed by atoms with Gasteiger partial charge in [0.2, 0.25) is 0 Å². The maximum Gasteiger partial charge on any atom is 0.325 e. The lowest BCUT2D eigenvalue weighted by Gasteiger charge is -2.08. The predicted molar refractivity (Wildman–Crippen MR) is 72.0 cm³/mol. The van der Waals surface area contributed by atoms with Gasteiger partial charge in [-0.1, -0.05) is 10.4 Å². The van der Waals surface area contributed by atoms with Crippen LogP contribution in [-0.2, 0) is 30.7 Å². The van der Waals surface area contributed by atoms with Gasteiger partial charge in [-0.25, -0.2) is 4.68 Å². The van der Waals surface area contributed by atoms with Crippen molar-refractivity contribution in [2.75, 3.05) is 0 Å². The minimum Gasteiger partial charge on any atom is -0.480 e. The molecule has 0 atom stereocenters. The molecule has 0 unspecified atom stereocenters. The van der Waals surface area contributed by atoms with E-state index in [4.69, 9.17) is 9.63 Å². The molecule has 22 heavy (non-hydrogen) atoms. The highest BCUT2D eigenvalue weighted by Crippen LogP contribution is 2.24. The number of nitrogens with one attached hydrogen (secondary N) is 1. The summed E-state index contributed by atoms with van der Waals surface area (Å²) in [5, 5.41) is 22.7. The molecular formula is C13H15N5O4. The molecule has 1 aliphatic rings. The lowest BCUT2D eigenvalue weighted by Crippen LogP contribution is -2.24. The van der Waals surface area contributed by atoms with Crippen LogP contribution in [0.2, 0.25) is 0 Å². The van der Waals surface area contributed by atoms with Crippen LogP contribution in [0.4, 0.5) is 0 Å². The van der Waals surface area contributed by atoms with E-state index in [1.54, 1.807) is 0 Å². The van der Waals surface area contributed by atoms with Crippen LogP contribution in [0.25, 0.3) is 0 Å². The number of carboxylic acid groups (broad SMARTS) is 1. The zero-order chi connectivity index (χ0) is 15.5. The molecule has 2 aromatic rings. The monoisotopic (exact) mass is 305 g/mol. The Morgan fingerprint density at radius 3 is 3.00 bits per heavy atom. The van der Waals surface area contributed by atoms with Crippen LogP contribution >= 0.6 is 0 Å². The van der Waals surface area contributed by atoms with Crippen molar-refractivity contribution in [2.24, 2.45) is 0 Å². The Morgan fingerprint density at radius 1 is 1.36 bits per heavy atom. The second-order valence-corrected chi connectivity index (χ2v) is 5.12. The Bertz CT molecular complexity index is 705. The molecule has 0 radical (unpaired) electrons. The number of aromatic nitrogens is 4. The van der Waals surface area contributed by atoms with E-state index in [2.05, 4.69) is 20.8 Å². The molecule has 2 N–H and O–H groups in total. The number of hydrogen-bond acceptors (Lipinski definition) is 6. The third-order valence-corrected chi connectivity index (χ3v) is 3.48. The Hall–Kier alpha value is -2.71. The molecule has 1 amide bonds. The lowest BCUT2D eigenvalue weighted by molar-refractivity contribution is -0.137. The molecule has 0 fully saturated rings. The summed E-state index contributed by atoms with van der Waals surface area (Å²) >= 11 is 0. The summed E-state index contributed by atoms with van der Waals surface area (Å²) in [7, 11) is 0. The summed E-state index contributed by atoms with van der Waals surface area (Å²) in [6.07, 6.45) is 5.18. The first-order chi connectivity index (χ1) is 10.6. The van der Waals surface area contributed by atoms with E-state index >= 15 is 0 Å². The van der Waals surface area contributed by atoms with Crippen LogP contribution in [0, 0.1) is 0 Å². The first-order valence-electron chi connectivity index (χ1n) is 7.00. The molecule has 3 rings (SSSR count). The second kappa shape index (κ2) is 5.96. The van der Waals surface area contributed by atoms with Crippen molar-refractivity contribution < 1.29 is 19.2 Å². The maximum absolute atomic E-state index is 12.2. The molecule has 0 aromatic carbocycles. The molecule has 116 valence electrons. The van der Waals surface area contributed by atoms with Crippen LogP contribution in [0.1, 0.15) is 40.3 Å². The average molecular weight is 305 g/mol. The second-order valence-electron chi connectivity index (χ2n) is 5.12. The number of aliphatic carboxylic acids is 1. The smallest absolute Gasteiger partial charge is 0.325 e. The molecule has 9 heteroatoms. The molecule has 0 saturated heterocycles. The minimum absolute atomic E-state index is 0.153. The van der Waals surface area contributed by atoms with E-state index in [9.17, 15) is 9.59 Å². The molecule has 0 bridgehead atoms. The van der Waals surface area contributed by atoms with Gasteiger partial charge in [-0.2, -0.15) is 0 Å². The minimum atomic E-state index is -1.00. The molecule has 2 heterocycles. The molecule has 0 aliphatic heterocycles. The molecule has 9 nitrogen and oxygen atoms in total. The van der Waals surface area contributed by atoms with Gasteiger partial charge in [0.1, 0.15) is 18.0 Å². The topological polar surface area (TPSA) is 123 Å². The Morgan fingerprint density at radius 2 is 2.18 bits per heavy atom. The van der Waals surface area contributed by atoms with Gasteiger partial charge in [0.05, 0.1) is 12.7 Å². The van der Waals surface area contributed by atoms with Crippen LogP contribution in [0.5, 0.6) is 0 Å². The van der Waals surface area contributed by atoms with E-state index in [0.29, 0.717) is 11.4 Å². The highest BCUT2D eigenvalue weighted by Gasteiger charge is 2.23. The van der Waals surface area contributed by atoms with Crippen LogP contribution in [-0.4, -0.2) is 37.1 Å². The molecule has 2 aromatic heterocycles. The number of amides is 1. The van der Waals surface area contributed by atoms with E-state index in [1.165, 1.54) is 10.9 Å². The fourth-order valence-corrected chi connectivity index (χ4v) is 2.45. The maximum atomic E-state index is 12.2. The molecule has 1 aliphatic carbocycles. The van der Waals surface area contributed by atoms with Gasteiger partial charge >= 0.3 is 5.97 Å². The summed E-state index contributed by atoms with van der Waals surface area (Å²) in [5.41, 5.74) is 1.69. The number of carboxylic acids is 1. The standard InChI is InChI=1S/C13H15N5O4/c19-11(20)7-18-6-8(15-17-18)5-14-13(21)12-9-3-1-2-4-10(9)22-16-12/h6H,1-5,7H2,(H,14,21)(H,19,20). The number of aryl methyl sites for hydroxylation is 1. The van der Waals surface area contributed by atoms with Gasteiger partial charge in [0.25, 0.3) is 5.91 Å². The first kappa shape index (κ1) is 14.2. The fraction of sp³-hybridized carbons (Fsp3) is 0.462. The van der Waals surface area contributed by atoms with E-state index in [1.807, 2.05) is 0 Å². The largest absolute Gasteiger partial charge is 0.480 e. The van der Waals surface area contributed by atoms with Gasteiger partial charge in [0, 0.05) is 12.0 Å².